The molecule has 2 nitrogen and oxygen atoms in total. The van der Waals surface area contributed by atoms with Crippen molar-refractivity contribution in [2.45, 2.75) is 51.4 Å². The van der Waals surface area contributed by atoms with Crippen LogP contribution in [0.15, 0.2) is 0 Å². The lowest BCUT2D eigenvalue weighted by molar-refractivity contribution is -0.120. The van der Waals surface area contributed by atoms with Gasteiger partial charge in [0.2, 0.25) is 0 Å². The van der Waals surface area contributed by atoms with Crippen molar-refractivity contribution in [2.24, 2.45) is 11.8 Å². The van der Waals surface area contributed by atoms with E-state index in [2.05, 4.69) is 5.32 Å². The third-order valence-corrected chi connectivity index (χ3v) is 4.03. The highest BCUT2D eigenvalue weighted by molar-refractivity contribution is 5.78. The monoisotopic (exact) mass is 209 g/mol. The minimum Gasteiger partial charge on any atom is -0.317 e. The maximum absolute atomic E-state index is 11.7. The van der Waals surface area contributed by atoms with Crippen LogP contribution >= 0.6 is 0 Å². The molecule has 1 aliphatic heterocycles. The Kier molecular flexibility index (Phi) is 4.18. The van der Waals surface area contributed by atoms with Gasteiger partial charge in [-0.2, -0.15) is 0 Å². The second-order valence-corrected chi connectivity index (χ2v) is 5.27. The summed E-state index contributed by atoms with van der Waals surface area (Å²) in [6.07, 6.45) is 9.39. The van der Waals surface area contributed by atoms with Crippen LogP contribution in [-0.2, 0) is 4.79 Å². The highest BCUT2D eigenvalue weighted by Gasteiger charge is 2.21. The van der Waals surface area contributed by atoms with Crippen LogP contribution in [-0.4, -0.2) is 18.9 Å². The molecule has 0 spiro atoms. The van der Waals surface area contributed by atoms with Gasteiger partial charge in [-0.1, -0.05) is 19.3 Å². The van der Waals surface area contributed by atoms with Crippen LogP contribution in [0.5, 0.6) is 0 Å². The molecule has 2 heteroatoms. The molecule has 0 aromatic heterocycles. The predicted molar refractivity (Wildman–Crippen MR) is 61.8 cm³/mol. The van der Waals surface area contributed by atoms with Gasteiger partial charge in [0.25, 0.3) is 0 Å². The SMILES string of the molecule is O=C(CCC1CCNCC1)CC1CCC1. The first-order valence-electron chi connectivity index (χ1n) is 6.57. The third kappa shape index (κ3) is 3.60. The van der Waals surface area contributed by atoms with Crippen LogP contribution in [0.3, 0.4) is 0 Å². The van der Waals surface area contributed by atoms with E-state index < -0.39 is 0 Å². The summed E-state index contributed by atoms with van der Waals surface area (Å²) in [6.45, 7) is 2.31. The number of nitrogens with one attached hydrogen (secondary N) is 1. The van der Waals surface area contributed by atoms with Gasteiger partial charge in [0.15, 0.2) is 0 Å². The Morgan fingerprint density at radius 3 is 2.40 bits per heavy atom. The predicted octanol–water partition coefficient (Wildman–Crippen LogP) is 2.53. The topological polar surface area (TPSA) is 29.1 Å². The van der Waals surface area contributed by atoms with Crippen molar-refractivity contribution in [3.63, 3.8) is 0 Å². The normalized spacial score (nSPS) is 23.7. The summed E-state index contributed by atoms with van der Waals surface area (Å²) in [4.78, 5) is 11.7. The molecule has 1 heterocycles. The van der Waals surface area contributed by atoms with Crippen molar-refractivity contribution in [3.05, 3.63) is 0 Å². The zero-order chi connectivity index (χ0) is 10.5. The van der Waals surface area contributed by atoms with Gasteiger partial charge >= 0.3 is 0 Å². The molecule has 0 amide bonds. The van der Waals surface area contributed by atoms with Crippen molar-refractivity contribution < 1.29 is 4.79 Å². The number of hydrogen-bond acceptors (Lipinski definition) is 2. The minimum atomic E-state index is 0.526. The standard InChI is InChI=1S/C13H23NO/c15-13(10-12-2-1-3-12)5-4-11-6-8-14-9-7-11/h11-12,14H,1-10H2. The van der Waals surface area contributed by atoms with Crippen molar-refractivity contribution in [1.82, 2.24) is 5.32 Å². The zero-order valence-corrected chi connectivity index (χ0v) is 9.63. The molecule has 86 valence electrons. The van der Waals surface area contributed by atoms with E-state index in [1.165, 1.54) is 32.1 Å². The molecule has 2 aliphatic rings. The van der Waals surface area contributed by atoms with Crippen LogP contribution in [0.2, 0.25) is 0 Å². The van der Waals surface area contributed by atoms with Gasteiger partial charge in [0.1, 0.15) is 5.78 Å². The Bertz CT molecular complexity index is 205. The number of piperidine rings is 1. The first-order valence-corrected chi connectivity index (χ1v) is 6.57. The van der Waals surface area contributed by atoms with E-state index in [-0.39, 0.29) is 0 Å². The fraction of sp³-hybridized carbons (Fsp3) is 0.923. The summed E-state index contributed by atoms with van der Waals surface area (Å²) in [5.74, 6) is 2.10. The van der Waals surface area contributed by atoms with Crippen LogP contribution < -0.4 is 5.32 Å². The highest BCUT2D eigenvalue weighted by Crippen LogP contribution is 2.30. The molecule has 0 bridgehead atoms. The number of hydrogen-bond donors (Lipinski definition) is 1. The van der Waals surface area contributed by atoms with Crippen LogP contribution in [0.4, 0.5) is 0 Å². The van der Waals surface area contributed by atoms with E-state index in [4.69, 9.17) is 0 Å². The van der Waals surface area contributed by atoms with Gasteiger partial charge in [0, 0.05) is 12.8 Å². The van der Waals surface area contributed by atoms with Crippen molar-refractivity contribution in [1.29, 1.82) is 0 Å². The van der Waals surface area contributed by atoms with Crippen LogP contribution in [0.1, 0.15) is 51.4 Å². The Labute approximate surface area is 92.8 Å². The van der Waals surface area contributed by atoms with Crippen LogP contribution in [0, 0.1) is 11.8 Å². The molecule has 15 heavy (non-hydrogen) atoms. The van der Waals surface area contributed by atoms with E-state index in [0.717, 1.165) is 44.2 Å². The van der Waals surface area contributed by atoms with Gasteiger partial charge in [-0.05, 0) is 44.2 Å². The minimum absolute atomic E-state index is 0.526. The molecule has 0 aromatic rings. The van der Waals surface area contributed by atoms with E-state index in [9.17, 15) is 4.79 Å². The Hall–Kier alpha value is -0.370. The molecule has 1 N–H and O–H groups in total. The van der Waals surface area contributed by atoms with E-state index in [0.29, 0.717) is 5.78 Å². The number of ketones is 1. The molecule has 1 aliphatic carbocycles. The maximum atomic E-state index is 11.7. The van der Waals surface area contributed by atoms with E-state index >= 15 is 0 Å². The quantitative estimate of drug-likeness (QED) is 0.754. The molecule has 0 radical (unpaired) electrons. The molecule has 2 fully saturated rings. The van der Waals surface area contributed by atoms with E-state index in [1.54, 1.807) is 0 Å². The summed E-state index contributed by atoms with van der Waals surface area (Å²) in [5.41, 5.74) is 0. The average molecular weight is 209 g/mol. The molecular formula is C13H23NO. The number of carbonyl (C=O) groups is 1. The highest BCUT2D eigenvalue weighted by atomic mass is 16.1. The van der Waals surface area contributed by atoms with E-state index in [1.807, 2.05) is 0 Å². The Morgan fingerprint density at radius 2 is 1.80 bits per heavy atom. The molecule has 1 saturated heterocycles. The zero-order valence-electron chi connectivity index (χ0n) is 9.63. The third-order valence-electron chi connectivity index (χ3n) is 4.03. The van der Waals surface area contributed by atoms with Crippen molar-refractivity contribution in [2.75, 3.05) is 13.1 Å². The van der Waals surface area contributed by atoms with Gasteiger partial charge in [-0.15, -0.1) is 0 Å². The molecule has 1 saturated carbocycles. The lowest BCUT2D eigenvalue weighted by atomic mass is 9.80. The van der Waals surface area contributed by atoms with Gasteiger partial charge in [0.05, 0.1) is 0 Å². The van der Waals surface area contributed by atoms with Gasteiger partial charge in [-0.25, -0.2) is 0 Å². The molecular weight excluding hydrogens is 186 g/mol. The number of Topliss-reactive ketones (excluding diaryl/α,β-unsaturated/α-hetero) is 1. The Morgan fingerprint density at radius 1 is 1.07 bits per heavy atom. The van der Waals surface area contributed by atoms with Crippen LogP contribution in [0.25, 0.3) is 0 Å². The van der Waals surface area contributed by atoms with Gasteiger partial charge < -0.3 is 5.32 Å². The molecule has 2 rings (SSSR count). The van der Waals surface area contributed by atoms with Crippen molar-refractivity contribution >= 4 is 5.78 Å². The smallest absolute Gasteiger partial charge is 0.133 e. The largest absolute Gasteiger partial charge is 0.317 e. The summed E-state index contributed by atoms with van der Waals surface area (Å²) < 4.78 is 0. The number of rotatable bonds is 5. The Balaban J connectivity index is 1.57. The fourth-order valence-corrected chi connectivity index (χ4v) is 2.66. The van der Waals surface area contributed by atoms with Crippen molar-refractivity contribution in [3.8, 4) is 0 Å². The molecule has 0 aromatic carbocycles. The summed E-state index contributed by atoms with van der Waals surface area (Å²) in [7, 11) is 0. The first-order chi connectivity index (χ1) is 7.34. The first kappa shape index (κ1) is 11.1. The second kappa shape index (κ2) is 5.64. The van der Waals surface area contributed by atoms with Gasteiger partial charge in [-0.3, -0.25) is 4.79 Å². The lowest BCUT2D eigenvalue weighted by Gasteiger charge is -2.25. The fourth-order valence-electron chi connectivity index (χ4n) is 2.66. The summed E-state index contributed by atoms with van der Waals surface area (Å²) in [6, 6.07) is 0. The summed E-state index contributed by atoms with van der Waals surface area (Å²) in [5, 5.41) is 3.37. The second-order valence-electron chi connectivity index (χ2n) is 5.27. The summed E-state index contributed by atoms with van der Waals surface area (Å²) >= 11 is 0. The number of carbonyl (C=O) groups excluding carboxylic acids is 1. The maximum Gasteiger partial charge on any atom is 0.133 e. The molecule has 0 atom stereocenters. The lowest BCUT2D eigenvalue weighted by Crippen LogP contribution is -2.28. The molecule has 0 unspecified atom stereocenters. The average Bonchev–Trinajstić information content (AvgIpc) is 2.22.